The lowest BCUT2D eigenvalue weighted by Gasteiger charge is -2.72. The standard InChI is InChI=1S/C17H24O7/c18-10-17-22-11-14(4-1-7-19-14)12(23-17)16(6-3-9-21-16)13(24-17)15(11)5-2-8-20-15/h11-13,18H,1-10H2. The Morgan fingerprint density at radius 2 is 1.04 bits per heavy atom. The van der Waals surface area contributed by atoms with Gasteiger partial charge in [-0.15, -0.1) is 0 Å². The van der Waals surface area contributed by atoms with Crippen molar-refractivity contribution < 1.29 is 33.5 Å². The zero-order valence-electron chi connectivity index (χ0n) is 13.7. The van der Waals surface area contributed by atoms with Crippen molar-refractivity contribution in [3.63, 3.8) is 0 Å². The largest absolute Gasteiger partial charge is 0.388 e. The molecule has 7 heteroatoms. The maximum Gasteiger partial charge on any atom is 0.308 e. The fourth-order valence-electron chi connectivity index (χ4n) is 6.27. The number of aliphatic hydroxyl groups is 1. The second kappa shape index (κ2) is 4.52. The Balaban J connectivity index is 1.57. The summed E-state index contributed by atoms with van der Waals surface area (Å²) in [6.45, 7) is 1.76. The van der Waals surface area contributed by atoms with Gasteiger partial charge in [-0.2, -0.15) is 0 Å². The highest BCUT2D eigenvalue weighted by atomic mass is 16.9. The predicted molar refractivity (Wildman–Crippen MR) is 78.2 cm³/mol. The molecule has 134 valence electrons. The lowest BCUT2D eigenvalue weighted by atomic mass is 9.57. The van der Waals surface area contributed by atoms with Crippen LogP contribution in [-0.2, 0) is 28.4 Å². The molecule has 4 bridgehead atoms. The average molecular weight is 340 g/mol. The van der Waals surface area contributed by atoms with Gasteiger partial charge in [-0.1, -0.05) is 0 Å². The van der Waals surface area contributed by atoms with Crippen LogP contribution in [0.5, 0.6) is 0 Å². The molecule has 0 amide bonds. The molecule has 7 nitrogen and oxygen atoms in total. The summed E-state index contributed by atoms with van der Waals surface area (Å²) in [6.07, 6.45) is 4.68. The fraction of sp³-hybridized carbons (Fsp3) is 1.00. The van der Waals surface area contributed by atoms with Gasteiger partial charge in [0.05, 0.1) is 0 Å². The molecule has 1 aliphatic carbocycles. The first-order chi connectivity index (χ1) is 11.7. The summed E-state index contributed by atoms with van der Waals surface area (Å²) in [5.74, 6) is -1.40. The molecule has 6 saturated heterocycles. The van der Waals surface area contributed by atoms with Crippen LogP contribution in [0.4, 0.5) is 0 Å². The smallest absolute Gasteiger partial charge is 0.308 e. The second-order valence-electron chi connectivity index (χ2n) is 8.06. The van der Waals surface area contributed by atoms with Crippen molar-refractivity contribution in [2.24, 2.45) is 0 Å². The van der Waals surface area contributed by atoms with Crippen molar-refractivity contribution in [3.8, 4) is 0 Å². The number of rotatable bonds is 1. The Labute approximate surface area is 140 Å². The van der Waals surface area contributed by atoms with E-state index in [0.717, 1.165) is 38.5 Å². The van der Waals surface area contributed by atoms with Gasteiger partial charge in [0.15, 0.2) is 0 Å². The zero-order chi connectivity index (χ0) is 16.0. The van der Waals surface area contributed by atoms with Gasteiger partial charge in [-0.25, -0.2) is 0 Å². The third-order valence-electron chi connectivity index (χ3n) is 7.00. The number of aliphatic hydroxyl groups excluding tert-OH is 1. The first-order valence-electron chi connectivity index (χ1n) is 9.26. The molecule has 0 aromatic rings. The quantitative estimate of drug-likeness (QED) is 0.744. The molecule has 24 heavy (non-hydrogen) atoms. The number of ether oxygens (including phenoxy) is 6. The minimum atomic E-state index is -1.40. The lowest BCUT2D eigenvalue weighted by Crippen LogP contribution is -2.91. The van der Waals surface area contributed by atoms with Crippen molar-refractivity contribution in [2.75, 3.05) is 26.4 Å². The highest BCUT2D eigenvalue weighted by Gasteiger charge is 2.84. The molecule has 6 aliphatic heterocycles. The molecule has 7 aliphatic rings. The van der Waals surface area contributed by atoms with Gasteiger partial charge in [-0.3, -0.25) is 0 Å². The second-order valence-corrected chi connectivity index (χ2v) is 8.06. The summed E-state index contributed by atoms with van der Waals surface area (Å²) in [4.78, 5) is 0. The molecule has 0 radical (unpaired) electrons. The molecule has 0 unspecified atom stereocenters. The van der Waals surface area contributed by atoms with Crippen molar-refractivity contribution in [1.29, 1.82) is 0 Å². The molecular formula is C17H24O7. The van der Waals surface area contributed by atoms with Crippen molar-refractivity contribution in [3.05, 3.63) is 0 Å². The Morgan fingerprint density at radius 1 is 0.667 bits per heavy atom. The van der Waals surface area contributed by atoms with Crippen LogP contribution < -0.4 is 0 Å². The van der Waals surface area contributed by atoms with E-state index in [2.05, 4.69) is 0 Å². The topological polar surface area (TPSA) is 75.6 Å². The van der Waals surface area contributed by atoms with Crippen LogP contribution in [0.15, 0.2) is 0 Å². The Bertz CT molecular complexity index is 453. The summed E-state index contributed by atoms with van der Waals surface area (Å²) in [7, 11) is 0. The van der Waals surface area contributed by atoms with E-state index >= 15 is 0 Å². The van der Waals surface area contributed by atoms with E-state index in [-0.39, 0.29) is 24.9 Å². The normalized spacial score (nSPS) is 61.1. The average Bonchev–Trinajstić information content (AvgIpc) is 3.36. The number of hydrogen-bond acceptors (Lipinski definition) is 7. The zero-order valence-corrected chi connectivity index (χ0v) is 13.7. The number of hydrogen-bond donors (Lipinski definition) is 1. The van der Waals surface area contributed by atoms with Gasteiger partial charge >= 0.3 is 5.97 Å². The van der Waals surface area contributed by atoms with Gasteiger partial charge in [0.1, 0.15) is 41.7 Å². The molecule has 0 atom stereocenters. The fourth-order valence-corrected chi connectivity index (χ4v) is 6.27. The van der Waals surface area contributed by atoms with Crippen LogP contribution in [-0.4, -0.2) is 72.6 Å². The first kappa shape index (κ1) is 14.8. The summed E-state index contributed by atoms with van der Waals surface area (Å²) in [5, 5.41) is 9.93. The third kappa shape index (κ3) is 1.43. The van der Waals surface area contributed by atoms with E-state index in [1.165, 1.54) is 0 Å². The lowest BCUT2D eigenvalue weighted by molar-refractivity contribution is -0.583. The predicted octanol–water partition coefficient (Wildman–Crippen LogP) is 0.476. The monoisotopic (exact) mass is 340 g/mol. The highest BCUT2D eigenvalue weighted by molar-refractivity contribution is 5.30. The van der Waals surface area contributed by atoms with E-state index in [1.54, 1.807) is 0 Å². The van der Waals surface area contributed by atoms with E-state index < -0.39 is 22.8 Å². The Kier molecular flexibility index (Phi) is 2.79. The van der Waals surface area contributed by atoms with Gasteiger partial charge in [-0.05, 0) is 38.5 Å². The van der Waals surface area contributed by atoms with E-state index in [0.29, 0.717) is 19.8 Å². The maximum absolute atomic E-state index is 9.93. The van der Waals surface area contributed by atoms with Crippen molar-refractivity contribution in [1.82, 2.24) is 0 Å². The summed E-state index contributed by atoms with van der Waals surface area (Å²) < 4.78 is 37.7. The molecule has 0 aromatic heterocycles. The Morgan fingerprint density at radius 3 is 1.29 bits per heavy atom. The summed E-state index contributed by atoms with van der Waals surface area (Å²) >= 11 is 0. The highest BCUT2D eigenvalue weighted by Crippen LogP contribution is 2.66. The minimum absolute atomic E-state index is 0.283. The molecule has 0 aromatic carbocycles. The molecule has 7 rings (SSSR count). The van der Waals surface area contributed by atoms with Gasteiger partial charge in [0.2, 0.25) is 0 Å². The van der Waals surface area contributed by atoms with Crippen LogP contribution in [0.25, 0.3) is 0 Å². The van der Waals surface area contributed by atoms with Crippen LogP contribution in [0, 0.1) is 0 Å². The van der Waals surface area contributed by atoms with E-state index in [1.807, 2.05) is 0 Å². The summed E-state index contributed by atoms with van der Waals surface area (Å²) in [6, 6.07) is 0. The first-order valence-corrected chi connectivity index (χ1v) is 9.26. The molecule has 3 spiro atoms. The molecule has 1 saturated carbocycles. The van der Waals surface area contributed by atoms with Crippen molar-refractivity contribution in [2.45, 2.75) is 79.6 Å². The van der Waals surface area contributed by atoms with Crippen LogP contribution in [0.3, 0.4) is 0 Å². The van der Waals surface area contributed by atoms with Crippen LogP contribution in [0.1, 0.15) is 38.5 Å². The van der Waals surface area contributed by atoms with Gasteiger partial charge in [0.25, 0.3) is 0 Å². The SMILES string of the molecule is OCC12OC3C4(CCCO4)C(O1)C1(CCCO1)C(O2)C31CCCO1. The van der Waals surface area contributed by atoms with Gasteiger partial charge in [0, 0.05) is 19.8 Å². The van der Waals surface area contributed by atoms with E-state index in [4.69, 9.17) is 28.4 Å². The van der Waals surface area contributed by atoms with Crippen molar-refractivity contribution >= 4 is 0 Å². The molecule has 1 N–H and O–H groups in total. The van der Waals surface area contributed by atoms with Gasteiger partial charge < -0.3 is 33.5 Å². The van der Waals surface area contributed by atoms with E-state index in [9.17, 15) is 5.11 Å². The molecule has 7 fully saturated rings. The maximum atomic E-state index is 9.93. The molecule has 6 heterocycles. The minimum Gasteiger partial charge on any atom is -0.388 e. The Hall–Kier alpha value is -0.280. The molecular weight excluding hydrogens is 316 g/mol. The van der Waals surface area contributed by atoms with Crippen LogP contribution in [0.2, 0.25) is 0 Å². The third-order valence-corrected chi connectivity index (χ3v) is 7.00. The summed E-state index contributed by atoms with van der Waals surface area (Å²) in [5.41, 5.74) is -1.69. The van der Waals surface area contributed by atoms with Crippen LogP contribution >= 0.6 is 0 Å².